The molecule has 0 saturated carbocycles. The van der Waals surface area contributed by atoms with E-state index >= 15 is 0 Å². The molecule has 0 heterocycles. The van der Waals surface area contributed by atoms with Crippen molar-refractivity contribution in [3.63, 3.8) is 0 Å². The molecular weight excluding hydrogens is 220 g/mol. The lowest BCUT2D eigenvalue weighted by atomic mass is 10.8. The third-order valence-corrected chi connectivity index (χ3v) is 0.965. The Hall–Kier alpha value is -2.70. The molecule has 0 saturated heterocycles. The van der Waals surface area contributed by atoms with Gasteiger partial charge in [0.05, 0.1) is 13.8 Å². The smallest absolute Gasteiger partial charge is 0.357 e. The molecule has 2 amide bonds. The number of amides is 2. The summed E-state index contributed by atoms with van der Waals surface area (Å²) < 4.78 is 8.39. The molecule has 0 aliphatic heterocycles. The van der Waals surface area contributed by atoms with Crippen molar-refractivity contribution >= 4 is 24.0 Å². The van der Waals surface area contributed by atoms with Crippen LogP contribution >= 0.6 is 0 Å². The molecule has 0 N–H and O–H groups in total. The number of carbonyl (C=O) groups is 2. The second-order valence-corrected chi connectivity index (χ2v) is 2.17. The predicted octanol–water partition coefficient (Wildman–Crippen LogP) is 1.01. The van der Waals surface area contributed by atoms with Crippen molar-refractivity contribution in [1.82, 2.24) is 0 Å². The third kappa shape index (κ3) is 5.86. The minimum absolute atomic E-state index is 0.370. The molecule has 0 bridgehead atoms. The highest BCUT2D eigenvalue weighted by atomic mass is 16.6. The van der Waals surface area contributed by atoms with Crippen LogP contribution in [0.25, 0.3) is 11.1 Å². The lowest BCUT2D eigenvalue weighted by Gasteiger charge is -1.88. The summed E-state index contributed by atoms with van der Waals surface area (Å²) in [5.41, 5.74) is 16.2. The molecule has 0 atom stereocenters. The summed E-state index contributed by atoms with van der Waals surface area (Å²) in [6.07, 6.45) is -2.54. The standard InChI is InChI=1S/C6H6N6O4/c1-3(9-7)15-5(13)11-12-6(14)16-4(2)10-8/h1-2H3/b12-11+. The van der Waals surface area contributed by atoms with Crippen molar-refractivity contribution in [1.29, 1.82) is 0 Å². The zero-order valence-corrected chi connectivity index (χ0v) is 8.32. The summed E-state index contributed by atoms with van der Waals surface area (Å²) in [6.45, 7) is 2.35. The highest BCUT2D eigenvalue weighted by Crippen LogP contribution is 1.90. The number of hydrogen-bond acceptors (Lipinski definition) is 4. The molecule has 0 aromatic carbocycles. The van der Waals surface area contributed by atoms with E-state index in [0.717, 1.165) is 0 Å². The van der Waals surface area contributed by atoms with Crippen LogP contribution in [0.4, 0.5) is 9.59 Å². The van der Waals surface area contributed by atoms with Crippen LogP contribution < -0.4 is 0 Å². The number of azo groups is 1. The van der Waals surface area contributed by atoms with Crippen LogP contribution in [0.15, 0.2) is 10.2 Å². The van der Waals surface area contributed by atoms with Crippen LogP contribution in [0, 0.1) is 0 Å². The topological polar surface area (TPSA) is 150 Å². The van der Waals surface area contributed by atoms with Gasteiger partial charge in [-0.15, -0.1) is 9.58 Å². The van der Waals surface area contributed by atoms with Gasteiger partial charge in [-0.05, 0) is 0 Å². The minimum atomic E-state index is -1.27. The molecule has 0 aromatic rings. The molecule has 0 radical (unpaired) electrons. The van der Waals surface area contributed by atoms with E-state index in [-0.39, 0.29) is 11.8 Å². The van der Waals surface area contributed by atoms with E-state index in [4.69, 9.17) is 11.1 Å². The maximum atomic E-state index is 10.7. The Morgan fingerprint density at radius 1 is 0.938 bits per heavy atom. The van der Waals surface area contributed by atoms with Gasteiger partial charge in [-0.2, -0.15) is 0 Å². The maximum Gasteiger partial charge on any atom is 0.462 e. The van der Waals surface area contributed by atoms with Crippen molar-refractivity contribution in [2.45, 2.75) is 13.8 Å². The molecule has 0 aromatic heterocycles. The molecule has 10 heteroatoms. The molecule has 0 spiro atoms. The Balaban J connectivity index is 4.29. The second-order valence-electron chi connectivity index (χ2n) is 2.17. The summed E-state index contributed by atoms with van der Waals surface area (Å²) >= 11 is 0. The molecule has 0 aliphatic rings. The molecule has 0 rings (SSSR count). The zero-order valence-electron chi connectivity index (χ0n) is 8.32. The zero-order chi connectivity index (χ0) is 12.6. The molecule has 16 heavy (non-hydrogen) atoms. The largest absolute Gasteiger partial charge is 0.462 e. The SMILES string of the molecule is CC(=[N+]=[N-])OC(=O)/N=N/C(=O)OC(C)=[N+]=[N-]. The first-order valence-electron chi connectivity index (χ1n) is 3.72. The lowest BCUT2D eigenvalue weighted by Crippen LogP contribution is -2.08. The van der Waals surface area contributed by atoms with Crippen LogP contribution in [0.3, 0.4) is 0 Å². The first-order valence-corrected chi connectivity index (χ1v) is 3.72. The van der Waals surface area contributed by atoms with Crippen molar-refractivity contribution in [3.8, 4) is 0 Å². The average Bonchev–Trinajstić information content (AvgIpc) is 2.26. The van der Waals surface area contributed by atoms with Gasteiger partial charge in [-0.1, -0.05) is 10.2 Å². The summed E-state index contributed by atoms with van der Waals surface area (Å²) in [5, 5.41) is 5.52. The minimum Gasteiger partial charge on any atom is -0.357 e. The summed E-state index contributed by atoms with van der Waals surface area (Å²) in [6, 6.07) is 0. The van der Waals surface area contributed by atoms with Crippen molar-refractivity contribution in [2.24, 2.45) is 10.2 Å². The van der Waals surface area contributed by atoms with Crippen LogP contribution in [-0.4, -0.2) is 33.6 Å². The monoisotopic (exact) mass is 226 g/mol. The fourth-order valence-corrected chi connectivity index (χ4v) is 0.416. The maximum absolute atomic E-state index is 10.7. The number of rotatable bonds is 0. The van der Waals surface area contributed by atoms with Crippen molar-refractivity contribution in [3.05, 3.63) is 11.1 Å². The van der Waals surface area contributed by atoms with Gasteiger partial charge in [0.1, 0.15) is 0 Å². The van der Waals surface area contributed by atoms with Crippen LogP contribution in [0.2, 0.25) is 0 Å². The second kappa shape index (κ2) is 6.71. The lowest BCUT2D eigenvalue weighted by molar-refractivity contribution is -0.0334. The number of nitrogens with zero attached hydrogens (tertiary/aromatic N) is 6. The fourth-order valence-electron chi connectivity index (χ4n) is 0.416. The van der Waals surface area contributed by atoms with Gasteiger partial charge in [0, 0.05) is 0 Å². The average molecular weight is 226 g/mol. The molecule has 10 nitrogen and oxygen atoms in total. The quantitative estimate of drug-likeness (QED) is 0.262. The molecular formula is C6H6N6O4. The first-order chi connectivity index (χ1) is 7.49. The normalized spacial score (nSPS) is 8.88. The fraction of sp³-hybridized carbons (Fsp3) is 0.333. The molecule has 0 aliphatic carbocycles. The van der Waals surface area contributed by atoms with E-state index in [1.54, 1.807) is 0 Å². The highest BCUT2D eigenvalue weighted by molar-refractivity contribution is 5.86. The van der Waals surface area contributed by atoms with E-state index in [0.29, 0.717) is 0 Å². The van der Waals surface area contributed by atoms with Gasteiger partial charge in [0.25, 0.3) is 0 Å². The van der Waals surface area contributed by atoms with E-state index in [2.05, 4.69) is 29.3 Å². The predicted molar refractivity (Wildman–Crippen MR) is 46.4 cm³/mol. The molecule has 0 unspecified atom stereocenters. The van der Waals surface area contributed by atoms with Gasteiger partial charge in [0.15, 0.2) is 0 Å². The number of hydrogen-bond donors (Lipinski definition) is 0. The highest BCUT2D eigenvalue weighted by Gasteiger charge is 2.11. The van der Waals surface area contributed by atoms with E-state index in [9.17, 15) is 9.59 Å². The van der Waals surface area contributed by atoms with Crippen LogP contribution in [0.5, 0.6) is 0 Å². The molecule has 0 fully saturated rings. The van der Waals surface area contributed by atoms with E-state index in [1.165, 1.54) is 13.8 Å². The Morgan fingerprint density at radius 2 is 1.25 bits per heavy atom. The Kier molecular flexibility index (Phi) is 5.58. The van der Waals surface area contributed by atoms with Crippen LogP contribution in [0.1, 0.15) is 13.8 Å². The van der Waals surface area contributed by atoms with Crippen molar-refractivity contribution in [2.75, 3.05) is 0 Å². The van der Waals surface area contributed by atoms with Crippen LogP contribution in [-0.2, 0) is 9.47 Å². The first kappa shape index (κ1) is 13.3. The Labute approximate surface area is 88.7 Å². The summed E-state index contributed by atoms with van der Waals surface area (Å²) in [5.74, 6) is -0.740. The number of ether oxygens (including phenoxy) is 2. The summed E-state index contributed by atoms with van der Waals surface area (Å²) in [7, 11) is 0. The van der Waals surface area contributed by atoms with Crippen molar-refractivity contribution < 1.29 is 28.6 Å². The van der Waals surface area contributed by atoms with Gasteiger partial charge in [-0.25, -0.2) is 9.59 Å². The van der Waals surface area contributed by atoms with Gasteiger partial charge >= 0.3 is 24.0 Å². The van der Waals surface area contributed by atoms with E-state index in [1.807, 2.05) is 0 Å². The Bertz CT molecular complexity index is 388. The van der Waals surface area contributed by atoms with Gasteiger partial charge in [0.2, 0.25) is 0 Å². The third-order valence-electron chi connectivity index (χ3n) is 0.965. The van der Waals surface area contributed by atoms with Gasteiger partial charge in [-0.3, -0.25) is 0 Å². The number of carbonyl (C=O) groups excluding carboxylic acids is 2. The van der Waals surface area contributed by atoms with E-state index < -0.39 is 12.2 Å². The summed E-state index contributed by atoms with van der Waals surface area (Å²) in [4.78, 5) is 26.5. The van der Waals surface area contributed by atoms with Gasteiger partial charge < -0.3 is 20.5 Å². The Morgan fingerprint density at radius 3 is 1.50 bits per heavy atom. The molecule has 84 valence electrons.